The highest BCUT2D eigenvalue weighted by Gasteiger charge is 2.10. The average Bonchev–Trinajstić information content (AvgIpc) is 2.31. The Balaban J connectivity index is 2.25. The summed E-state index contributed by atoms with van der Waals surface area (Å²) in [4.78, 5) is 16.1. The lowest BCUT2D eigenvalue weighted by Gasteiger charge is -2.07. The van der Waals surface area contributed by atoms with E-state index in [4.69, 9.17) is 5.73 Å². The van der Waals surface area contributed by atoms with Crippen LogP contribution in [-0.2, 0) is 0 Å². The summed E-state index contributed by atoms with van der Waals surface area (Å²) in [5.41, 5.74) is 6.68. The van der Waals surface area contributed by atoms with Crippen molar-refractivity contribution in [2.75, 3.05) is 11.1 Å². The zero-order chi connectivity index (χ0) is 13.1. The van der Waals surface area contributed by atoms with Gasteiger partial charge in [0, 0.05) is 21.9 Å². The molecule has 6 heteroatoms. The predicted octanol–water partition coefficient (Wildman–Crippen LogP) is 3.44. The average molecular weight is 371 g/mol. The number of nitrogens with two attached hydrogens (primary N) is 1. The minimum Gasteiger partial charge on any atom is -0.399 e. The van der Waals surface area contributed by atoms with Crippen LogP contribution < -0.4 is 11.1 Å². The third kappa shape index (κ3) is 3.08. The van der Waals surface area contributed by atoms with Crippen LogP contribution in [0.3, 0.4) is 0 Å². The van der Waals surface area contributed by atoms with Crippen LogP contribution in [0.4, 0.5) is 11.5 Å². The monoisotopic (exact) mass is 369 g/mol. The molecule has 0 aliphatic carbocycles. The Hall–Kier alpha value is -1.40. The summed E-state index contributed by atoms with van der Waals surface area (Å²) in [5.74, 6) is 0.212. The lowest BCUT2D eigenvalue weighted by molar-refractivity contribution is 0.102. The molecule has 0 fully saturated rings. The number of nitrogens with zero attached hydrogens (tertiary/aromatic N) is 1. The van der Waals surface area contributed by atoms with Crippen LogP contribution >= 0.6 is 31.9 Å². The van der Waals surface area contributed by atoms with Crippen molar-refractivity contribution < 1.29 is 4.79 Å². The second-order valence-corrected chi connectivity index (χ2v) is 5.33. The molecule has 4 nitrogen and oxygen atoms in total. The van der Waals surface area contributed by atoms with Crippen LogP contribution in [-0.4, -0.2) is 10.9 Å². The van der Waals surface area contributed by atoms with Crippen LogP contribution in [0.1, 0.15) is 10.4 Å². The van der Waals surface area contributed by atoms with Crippen LogP contribution in [0.15, 0.2) is 45.5 Å². The minimum atomic E-state index is -0.262. The van der Waals surface area contributed by atoms with Crippen molar-refractivity contribution in [3.8, 4) is 0 Å². The van der Waals surface area contributed by atoms with E-state index in [0.29, 0.717) is 17.1 Å². The van der Waals surface area contributed by atoms with Crippen molar-refractivity contribution in [3.63, 3.8) is 0 Å². The Morgan fingerprint density at radius 3 is 2.72 bits per heavy atom. The van der Waals surface area contributed by atoms with Crippen LogP contribution in [0.25, 0.3) is 0 Å². The molecule has 1 aromatic heterocycles. The summed E-state index contributed by atoms with van der Waals surface area (Å²) in [5, 5.41) is 2.71. The SMILES string of the molecule is Nc1cc(Br)cc(C(=O)Nc2ncccc2Br)c1. The third-order valence-corrected chi connectivity index (χ3v) is 3.27. The Morgan fingerprint density at radius 2 is 2.06 bits per heavy atom. The first kappa shape index (κ1) is 13.0. The highest BCUT2D eigenvalue weighted by Crippen LogP contribution is 2.21. The number of nitrogen functional groups attached to an aromatic ring is 1. The molecular formula is C12H9Br2N3O. The van der Waals surface area contributed by atoms with Gasteiger partial charge >= 0.3 is 0 Å². The lowest BCUT2D eigenvalue weighted by Crippen LogP contribution is -2.13. The number of hydrogen-bond donors (Lipinski definition) is 2. The number of carbonyl (C=O) groups excluding carboxylic acids is 1. The number of benzene rings is 1. The van der Waals surface area contributed by atoms with Gasteiger partial charge in [-0.1, -0.05) is 15.9 Å². The molecule has 0 spiro atoms. The molecule has 2 aromatic rings. The van der Waals surface area contributed by atoms with Crippen LogP contribution in [0, 0.1) is 0 Å². The van der Waals surface area contributed by atoms with Gasteiger partial charge in [0.05, 0.1) is 4.47 Å². The standard InChI is InChI=1S/C12H9Br2N3O/c13-8-4-7(5-9(15)6-8)12(18)17-11-10(14)2-1-3-16-11/h1-6H,15H2,(H,16,17,18). The molecule has 0 unspecified atom stereocenters. The van der Waals surface area contributed by atoms with Crippen molar-refractivity contribution in [3.05, 3.63) is 51.0 Å². The number of aromatic nitrogens is 1. The van der Waals surface area contributed by atoms with E-state index in [0.717, 1.165) is 8.95 Å². The maximum absolute atomic E-state index is 12.0. The second kappa shape index (κ2) is 5.49. The fourth-order valence-electron chi connectivity index (χ4n) is 1.40. The van der Waals surface area contributed by atoms with E-state index < -0.39 is 0 Å². The van der Waals surface area contributed by atoms with Crippen molar-refractivity contribution in [2.24, 2.45) is 0 Å². The van der Waals surface area contributed by atoms with E-state index in [1.807, 2.05) is 0 Å². The van der Waals surface area contributed by atoms with Crippen molar-refractivity contribution in [1.82, 2.24) is 4.98 Å². The molecular weight excluding hydrogens is 362 g/mol. The first-order valence-electron chi connectivity index (χ1n) is 5.04. The van der Waals surface area contributed by atoms with Gasteiger partial charge in [-0.15, -0.1) is 0 Å². The normalized spacial score (nSPS) is 10.1. The summed E-state index contributed by atoms with van der Waals surface area (Å²) >= 11 is 6.61. The zero-order valence-corrected chi connectivity index (χ0v) is 12.3. The predicted molar refractivity (Wildman–Crippen MR) is 78.4 cm³/mol. The largest absolute Gasteiger partial charge is 0.399 e. The topological polar surface area (TPSA) is 68.0 Å². The van der Waals surface area contributed by atoms with Gasteiger partial charge in [-0.3, -0.25) is 4.79 Å². The van der Waals surface area contributed by atoms with E-state index >= 15 is 0 Å². The first-order valence-corrected chi connectivity index (χ1v) is 6.63. The molecule has 92 valence electrons. The number of anilines is 2. The fraction of sp³-hybridized carbons (Fsp3) is 0. The van der Waals surface area contributed by atoms with Gasteiger partial charge in [0.2, 0.25) is 0 Å². The number of carbonyl (C=O) groups is 1. The molecule has 1 amide bonds. The van der Waals surface area contributed by atoms with E-state index in [2.05, 4.69) is 42.2 Å². The molecule has 0 atom stereocenters. The van der Waals surface area contributed by atoms with Gasteiger partial charge < -0.3 is 11.1 Å². The number of amides is 1. The molecule has 1 aromatic carbocycles. The number of nitrogens with one attached hydrogen (secondary N) is 1. The van der Waals surface area contributed by atoms with Crippen LogP contribution in [0.5, 0.6) is 0 Å². The van der Waals surface area contributed by atoms with Gasteiger partial charge in [-0.05, 0) is 46.3 Å². The van der Waals surface area contributed by atoms with Gasteiger partial charge in [-0.2, -0.15) is 0 Å². The molecule has 0 bridgehead atoms. The minimum absolute atomic E-state index is 0.262. The van der Waals surface area contributed by atoms with Crippen molar-refractivity contribution >= 4 is 49.3 Å². The summed E-state index contributed by atoms with van der Waals surface area (Å²) in [6.45, 7) is 0. The van der Waals surface area contributed by atoms with Crippen molar-refractivity contribution in [2.45, 2.75) is 0 Å². The molecule has 0 radical (unpaired) electrons. The van der Waals surface area contributed by atoms with E-state index in [1.54, 1.807) is 36.5 Å². The van der Waals surface area contributed by atoms with Crippen molar-refractivity contribution in [1.29, 1.82) is 0 Å². The highest BCUT2D eigenvalue weighted by molar-refractivity contribution is 9.10. The molecule has 3 N–H and O–H groups in total. The van der Waals surface area contributed by atoms with E-state index in [1.165, 1.54) is 0 Å². The zero-order valence-electron chi connectivity index (χ0n) is 9.15. The Labute approximate surface area is 121 Å². The number of rotatable bonds is 2. The van der Waals surface area contributed by atoms with Gasteiger partial charge in [0.1, 0.15) is 5.82 Å². The molecule has 0 saturated heterocycles. The summed E-state index contributed by atoms with van der Waals surface area (Å²) in [7, 11) is 0. The Morgan fingerprint density at radius 1 is 1.28 bits per heavy atom. The molecule has 0 aliphatic heterocycles. The molecule has 18 heavy (non-hydrogen) atoms. The molecule has 1 heterocycles. The Kier molecular flexibility index (Phi) is 3.98. The molecule has 0 aliphatic rings. The Bertz CT molecular complexity index is 581. The summed E-state index contributed by atoms with van der Waals surface area (Å²) < 4.78 is 1.48. The van der Waals surface area contributed by atoms with E-state index in [9.17, 15) is 4.79 Å². The highest BCUT2D eigenvalue weighted by atomic mass is 79.9. The quantitative estimate of drug-likeness (QED) is 0.795. The smallest absolute Gasteiger partial charge is 0.256 e. The molecule has 2 rings (SSSR count). The van der Waals surface area contributed by atoms with Gasteiger partial charge in [0.25, 0.3) is 5.91 Å². The molecule has 0 saturated carbocycles. The van der Waals surface area contributed by atoms with E-state index in [-0.39, 0.29) is 5.91 Å². The number of pyridine rings is 1. The number of halogens is 2. The lowest BCUT2D eigenvalue weighted by atomic mass is 10.2. The first-order chi connectivity index (χ1) is 8.56. The number of hydrogen-bond acceptors (Lipinski definition) is 3. The van der Waals surface area contributed by atoms with Crippen LogP contribution in [0.2, 0.25) is 0 Å². The maximum Gasteiger partial charge on any atom is 0.256 e. The second-order valence-electron chi connectivity index (χ2n) is 3.56. The van der Waals surface area contributed by atoms with Gasteiger partial charge in [0.15, 0.2) is 0 Å². The maximum atomic E-state index is 12.0. The third-order valence-electron chi connectivity index (χ3n) is 2.17. The van der Waals surface area contributed by atoms with Gasteiger partial charge in [-0.25, -0.2) is 4.98 Å². The summed E-state index contributed by atoms with van der Waals surface area (Å²) in [6, 6.07) is 8.61. The summed E-state index contributed by atoms with van der Waals surface area (Å²) in [6.07, 6.45) is 1.61. The fourth-order valence-corrected chi connectivity index (χ4v) is 2.27.